The van der Waals surface area contributed by atoms with Crippen LogP contribution in [0.25, 0.3) is 22.0 Å². The molecule has 4 heterocycles. The Morgan fingerprint density at radius 3 is 2.79 bits per heavy atom. The molecule has 39 heavy (non-hydrogen) atoms. The van der Waals surface area contributed by atoms with E-state index in [0.717, 1.165) is 47.7 Å². The highest BCUT2D eigenvalue weighted by Gasteiger charge is 2.31. The number of anilines is 1. The molecule has 5 aromatic rings. The van der Waals surface area contributed by atoms with E-state index in [4.69, 9.17) is 0 Å². The van der Waals surface area contributed by atoms with E-state index in [1.807, 2.05) is 24.4 Å². The van der Waals surface area contributed by atoms with E-state index in [1.165, 1.54) is 12.1 Å². The molecule has 3 aromatic heterocycles. The maximum Gasteiger partial charge on any atom is 0.262 e. The summed E-state index contributed by atoms with van der Waals surface area (Å²) in [7, 11) is 1.75. The Labute approximate surface area is 225 Å². The van der Waals surface area contributed by atoms with Gasteiger partial charge in [-0.05, 0) is 66.6 Å². The summed E-state index contributed by atoms with van der Waals surface area (Å²) >= 11 is 0. The number of halogens is 1. The third kappa shape index (κ3) is 5.13. The molecule has 1 amide bonds. The summed E-state index contributed by atoms with van der Waals surface area (Å²) in [6.07, 6.45) is 9.52. The van der Waals surface area contributed by atoms with Crippen LogP contribution in [0.2, 0.25) is 0 Å². The molecule has 1 saturated heterocycles. The normalized spacial score (nSPS) is 15.4. The minimum absolute atomic E-state index is 0.000199. The Balaban J connectivity index is 1.38. The van der Waals surface area contributed by atoms with E-state index < -0.39 is 11.7 Å². The summed E-state index contributed by atoms with van der Waals surface area (Å²) in [5.74, 6) is -0.473. The Bertz CT molecular complexity index is 1630. The molecule has 8 nitrogen and oxygen atoms in total. The van der Waals surface area contributed by atoms with Crippen molar-refractivity contribution in [2.24, 2.45) is 7.05 Å². The van der Waals surface area contributed by atoms with Crippen molar-refractivity contribution in [3.8, 4) is 11.3 Å². The van der Waals surface area contributed by atoms with Gasteiger partial charge in [-0.2, -0.15) is 0 Å². The Morgan fingerprint density at radius 2 is 2.05 bits per heavy atom. The molecule has 6 rings (SSSR count). The lowest BCUT2D eigenvalue weighted by Gasteiger charge is -2.34. The summed E-state index contributed by atoms with van der Waals surface area (Å²) < 4.78 is 17.0. The monoisotopic (exact) mass is 521 g/mol. The summed E-state index contributed by atoms with van der Waals surface area (Å²) in [5.41, 5.74) is 3.36. The second-order valence-electron chi connectivity index (χ2n) is 9.88. The number of hydrogen-bond acceptors (Lipinski definition) is 6. The summed E-state index contributed by atoms with van der Waals surface area (Å²) in [6, 6.07) is 16.5. The van der Waals surface area contributed by atoms with Crippen molar-refractivity contribution < 1.29 is 9.18 Å². The highest BCUT2D eigenvalue weighted by Crippen LogP contribution is 2.31. The third-order valence-electron chi connectivity index (χ3n) is 7.12. The first kappa shape index (κ1) is 24.8. The van der Waals surface area contributed by atoms with Crippen LogP contribution in [0, 0.1) is 5.82 Å². The van der Waals surface area contributed by atoms with E-state index in [-0.39, 0.29) is 11.6 Å². The lowest BCUT2D eigenvalue weighted by Crippen LogP contribution is -2.49. The number of nitrogens with zero attached hydrogens (tertiary/aromatic N) is 6. The molecule has 0 unspecified atom stereocenters. The smallest absolute Gasteiger partial charge is 0.262 e. The topological polar surface area (TPSA) is 88.8 Å². The van der Waals surface area contributed by atoms with Crippen molar-refractivity contribution in [2.75, 3.05) is 18.0 Å². The van der Waals surface area contributed by atoms with Crippen molar-refractivity contribution in [1.29, 1.82) is 0 Å². The molecule has 0 bridgehead atoms. The largest absolute Gasteiger partial charge is 0.315 e. The number of carbonyl (C=O) groups is 1. The van der Waals surface area contributed by atoms with Gasteiger partial charge in [-0.25, -0.2) is 9.37 Å². The van der Waals surface area contributed by atoms with E-state index in [9.17, 15) is 4.79 Å². The number of aromatic nitrogens is 5. The number of rotatable bonds is 6. The van der Waals surface area contributed by atoms with Crippen LogP contribution in [0.1, 0.15) is 34.3 Å². The zero-order valence-corrected chi connectivity index (χ0v) is 21.6. The Kier molecular flexibility index (Phi) is 6.81. The SMILES string of the molecule is Cn1cc(-c2ccc(C(=O)N(c3nccc4cc(Cc5cccnc5)ccc34)[C@@H]3CCCNC3)c(F)c2)nn1. The Morgan fingerprint density at radius 1 is 1.13 bits per heavy atom. The average molecular weight is 522 g/mol. The maximum absolute atomic E-state index is 15.5. The number of aryl methyl sites for hydroxylation is 1. The maximum atomic E-state index is 15.5. The van der Waals surface area contributed by atoms with Gasteiger partial charge in [-0.3, -0.25) is 19.4 Å². The first-order chi connectivity index (χ1) is 19.1. The number of benzene rings is 2. The molecule has 0 spiro atoms. The highest BCUT2D eigenvalue weighted by atomic mass is 19.1. The molecule has 196 valence electrons. The number of carbonyl (C=O) groups excluding carboxylic acids is 1. The second-order valence-corrected chi connectivity index (χ2v) is 9.88. The summed E-state index contributed by atoms with van der Waals surface area (Å²) in [6.45, 7) is 1.50. The van der Waals surface area contributed by atoms with Crippen LogP contribution in [-0.4, -0.2) is 50.0 Å². The van der Waals surface area contributed by atoms with Crippen LogP contribution in [0.5, 0.6) is 0 Å². The van der Waals surface area contributed by atoms with E-state index in [2.05, 4.69) is 43.8 Å². The molecule has 1 aliphatic heterocycles. The van der Waals surface area contributed by atoms with Gasteiger partial charge in [0.05, 0.1) is 17.8 Å². The first-order valence-corrected chi connectivity index (χ1v) is 13.0. The van der Waals surface area contributed by atoms with Crippen LogP contribution in [0.15, 0.2) is 79.4 Å². The van der Waals surface area contributed by atoms with Gasteiger partial charge in [0.15, 0.2) is 0 Å². The minimum Gasteiger partial charge on any atom is -0.315 e. The van der Waals surface area contributed by atoms with Crippen LogP contribution < -0.4 is 10.2 Å². The van der Waals surface area contributed by atoms with Crippen molar-refractivity contribution in [3.63, 3.8) is 0 Å². The molecule has 1 atom stereocenters. The van der Waals surface area contributed by atoms with Gasteiger partial charge < -0.3 is 5.32 Å². The van der Waals surface area contributed by atoms with Crippen LogP contribution in [-0.2, 0) is 13.5 Å². The highest BCUT2D eigenvalue weighted by molar-refractivity contribution is 6.10. The molecule has 1 N–H and O–H groups in total. The van der Waals surface area contributed by atoms with Gasteiger partial charge >= 0.3 is 0 Å². The summed E-state index contributed by atoms with van der Waals surface area (Å²) in [5, 5.41) is 13.2. The fourth-order valence-electron chi connectivity index (χ4n) is 5.20. The molecule has 9 heteroatoms. The average Bonchev–Trinajstić information content (AvgIpc) is 3.40. The van der Waals surface area contributed by atoms with E-state index in [0.29, 0.717) is 23.6 Å². The van der Waals surface area contributed by atoms with Crippen molar-refractivity contribution in [1.82, 2.24) is 30.3 Å². The van der Waals surface area contributed by atoms with Gasteiger partial charge in [0.1, 0.15) is 17.3 Å². The number of amides is 1. The van der Waals surface area contributed by atoms with E-state index in [1.54, 1.807) is 41.3 Å². The van der Waals surface area contributed by atoms with Crippen LogP contribution >= 0.6 is 0 Å². The zero-order chi connectivity index (χ0) is 26.8. The summed E-state index contributed by atoms with van der Waals surface area (Å²) in [4.78, 5) is 24.6. The molecule has 1 aliphatic rings. The fraction of sp³-hybridized carbons (Fsp3) is 0.233. The molecule has 1 fully saturated rings. The zero-order valence-electron chi connectivity index (χ0n) is 21.6. The standard InChI is InChI=1S/C30H28FN7O/c1-37-19-28(35-36-37)23-7-9-26(27(31)16-23)30(39)38(24-5-3-12-33-18-24)29-25-8-6-20(15-22(25)10-13-34-29)14-21-4-2-11-32-17-21/h2,4,6-11,13,15-17,19,24,33H,3,5,12,14,18H2,1H3/t24-/m1/s1. The molecular formula is C30H28FN7O. The predicted octanol–water partition coefficient (Wildman–Crippen LogP) is 4.55. The van der Waals surface area contributed by atoms with Crippen molar-refractivity contribution in [2.45, 2.75) is 25.3 Å². The van der Waals surface area contributed by atoms with Crippen molar-refractivity contribution >= 4 is 22.5 Å². The van der Waals surface area contributed by atoms with Gasteiger partial charge in [0.2, 0.25) is 0 Å². The van der Waals surface area contributed by atoms with Gasteiger partial charge in [-0.15, -0.1) is 5.10 Å². The number of nitrogens with one attached hydrogen (secondary N) is 1. The fourth-order valence-corrected chi connectivity index (χ4v) is 5.20. The lowest BCUT2D eigenvalue weighted by atomic mass is 10.00. The van der Waals surface area contributed by atoms with Crippen molar-refractivity contribution in [3.05, 3.63) is 102 Å². The van der Waals surface area contributed by atoms with Gasteiger partial charge in [0.25, 0.3) is 5.91 Å². The Hall–Kier alpha value is -4.50. The quantitative estimate of drug-likeness (QED) is 0.353. The molecule has 0 aliphatic carbocycles. The molecular weight excluding hydrogens is 493 g/mol. The van der Waals surface area contributed by atoms with Crippen LogP contribution in [0.4, 0.5) is 10.2 Å². The van der Waals surface area contributed by atoms with Crippen LogP contribution in [0.3, 0.4) is 0 Å². The number of hydrogen-bond donors (Lipinski definition) is 1. The molecule has 0 saturated carbocycles. The minimum atomic E-state index is -0.601. The second kappa shape index (κ2) is 10.7. The molecule has 0 radical (unpaired) electrons. The lowest BCUT2D eigenvalue weighted by molar-refractivity contribution is 0.0968. The number of pyridine rings is 2. The number of piperidine rings is 1. The van der Waals surface area contributed by atoms with Gasteiger partial charge in [0, 0.05) is 43.1 Å². The van der Waals surface area contributed by atoms with E-state index >= 15 is 4.39 Å². The number of fused-ring (bicyclic) bond motifs is 1. The predicted molar refractivity (Wildman–Crippen MR) is 148 cm³/mol. The third-order valence-corrected chi connectivity index (χ3v) is 7.12. The first-order valence-electron chi connectivity index (χ1n) is 13.0. The van der Waals surface area contributed by atoms with Gasteiger partial charge in [-0.1, -0.05) is 35.5 Å². The molecule has 2 aromatic carbocycles.